The molecule has 0 atom stereocenters. The molecule has 0 unspecified atom stereocenters. The lowest BCUT2D eigenvalue weighted by molar-refractivity contribution is -0.137. The van der Waals surface area contributed by atoms with Crippen LogP contribution in [0.15, 0.2) is 80.9 Å². The molecule has 3 aromatic heterocycles. The highest BCUT2D eigenvalue weighted by Crippen LogP contribution is 2.34. The zero-order valence-corrected chi connectivity index (χ0v) is 18.9. The first-order chi connectivity index (χ1) is 16.9. The van der Waals surface area contributed by atoms with Crippen molar-refractivity contribution >= 4 is 11.8 Å². The summed E-state index contributed by atoms with van der Waals surface area (Å²) in [7, 11) is 1.55. The van der Waals surface area contributed by atoms with Gasteiger partial charge in [0.15, 0.2) is 16.7 Å². The second-order valence-electron chi connectivity index (χ2n) is 7.19. The van der Waals surface area contributed by atoms with Gasteiger partial charge in [0.2, 0.25) is 5.89 Å². The van der Waals surface area contributed by atoms with E-state index in [9.17, 15) is 13.2 Å². The molecule has 0 N–H and O–H groups in total. The van der Waals surface area contributed by atoms with Crippen LogP contribution in [-0.2, 0) is 11.9 Å². The molecule has 12 heteroatoms. The summed E-state index contributed by atoms with van der Waals surface area (Å²) in [6.07, 6.45) is -3.00. The summed E-state index contributed by atoms with van der Waals surface area (Å²) >= 11 is 1.20. The van der Waals surface area contributed by atoms with Gasteiger partial charge in [-0.1, -0.05) is 17.8 Å². The number of methoxy groups -OCH3 is 1. The number of hydrogen-bond donors (Lipinski definition) is 0. The maximum Gasteiger partial charge on any atom is 0.416 e. The second kappa shape index (κ2) is 9.29. The van der Waals surface area contributed by atoms with Crippen LogP contribution in [0.3, 0.4) is 0 Å². The van der Waals surface area contributed by atoms with Gasteiger partial charge in [-0.05, 0) is 54.6 Å². The Morgan fingerprint density at radius 1 is 0.971 bits per heavy atom. The van der Waals surface area contributed by atoms with Crippen LogP contribution in [-0.4, -0.2) is 32.1 Å². The van der Waals surface area contributed by atoms with Crippen LogP contribution >= 0.6 is 11.8 Å². The molecule has 3 heterocycles. The number of aromatic nitrogens is 5. The molecule has 0 fully saturated rings. The third kappa shape index (κ3) is 4.78. The first kappa shape index (κ1) is 22.7. The molecule has 0 saturated heterocycles. The molecule has 35 heavy (non-hydrogen) atoms. The predicted molar refractivity (Wildman–Crippen MR) is 120 cm³/mol. The number of thioether (sulfide) groups is 1. The van der Waals surface area contributed by atoms with E-state index in [1.165, 1.54) is 24.1 Å². The number of furan rings is 1. The molecule has 0 amide bonds. The fourth-order valence-electron chi connectivity index (χ4n) is 3.28. The van der Waals surface area contributed by atoms with Crippen LogP contribution in [0.5, 0.6) is 5.75 Å². The molecule has 0 saturated carbocycles. The zero-order valence-electron chi connectivity index (χ0n) is 18.1. The first-order valence-corrected chi connectivity index (χ1v) is 11.2. The van der Waals surface area contributed by atoms with E-state index in [1.54, 1.807) is 54.1 Å². The highest BCUT2D eigenvalue weighted by atomic mass is 32.2. The van der Waals surface area contributed by atoms with Gasteiger partial charge in [0, 0.05) is 5.56 Å². The van der Waals surface area contributed by atoms with E-state index in [-0.39, 0.29) is 17.3 Å². The minimum atomic E-state index is -4.50. The normalized spacial score (nSPS) is 11.7. The minimum Gasteiger partial charge on any atom is -0.497 e. The molecule has 2 aromatic carbocycles. The van der Waals surface area contributed by atoms with E-state index in [2.05, 4.69) is 20.4 Å². The number of hydrogen-bond acceptors (Lipinski definition) is 8. The number of nitrogens with zero attached hydrogens (tertiary/aromatic N) is 5. The zero-order chi connectivity index (χ0) is 24.4. The van der Waals surface area contributed by atoms with Gasteiger partial charge in [0.05, 0.1) is 30.4 Å². The average Bonchev–Trinajstić information content (AvgIpc) is 3.63. The van der Waals surface area contributed by atoms with Crippen molar-refractivity contribution in [2.45, 2.75) is 17.1 Å². The van der Waals surface area contributed by atoms with Gasteiger partial charge < -0.3 is 13.6 Å². The highest BCUT2D eigenvalue weighted by Gasteiger charge is 2.31. The summed E-state index contributed by atoms with van der Waals surface area (Å²) in [4.78, 5) is 0. The van der Waals surface area contributed by atoms with Crippen molar-refractivity contribution in [3.05, 3.63) is 78.4 Å². The van der Waals surface area contributed by atoms with E-state index >= 15 is 0 Å². The topological polar surface area (TPSA) is 92.0 Å². The molecule has 0 aliphatic heterocycles. The Bertz CT molecular complexity index is 1430. The van der Waals surface area contributed by atoms with Crippen LogP contribution in [0, 0.1) is 0 Å². The summed E-state index contributed by atoms with van der Waals surface area (Å²) < 4.78 is 57.9. The van der Waals surface area contributed by atoms with Crippen LogP contribution in [0.25, 0.3) is 28.7 Å². The van der Waals surface area contributed by atoms with Gasteiger partial charge in [0.1, 0.15) is 5.75 Å². The molecule has 5 aromatic rings. The third-order valence-corrected chi connectivity index (χ3v) is 5.85. The summed E-state index contributed by atoms with van der Waals surface area (Å²) in [5.74, 6) is 2.18. The molecule has 0 bridgehead atoms. The van der Waals surface area contributed by atoms with Crippen molar-refractivity contribution in [3.8, 4) is 34.5 Å². The fourth-order valence-corrected chi connectivity index (χ4v) is 4.07. The summed E-state index contributed by atoms with van der Waals surface area (Å²) in [6.45, 7) is 0. The van der Waals surface area contributed by atoms with Crippen LogP contribution in [0.4, 0.5) is 13.2 Å². The number of halogens is 3. The lowest BCUT2D eigenvalue weighted by Gasteiger charge is -2.13. The van der Waals surface area contributed by atoms with E-state index in [0.717, 1.165) is 12.1 Å². The molecule has 178 valence electrons. The summed E-state index contributed by atoms with van der Waals surface area (Å²) in [5, 5.41) is 16.8. The van der Waals surface area contributed by atoms with E-state index in [0.29, 0.717) is 33.9 Å². The van der Waals surface area contributed by atoms with Gasteiger partial charge in [-0.2, -0.15) is 13.2 Å². The Morgan fingerprint density at radius 3 is 2.51 bits per heavy atom. The lowest BCUT2D eigenvalue weighted by Crippen LogP contribution is -2.07. The molecule has 0 radical (unpaired) electrons. The van der Waals surface area contributed by atoms with Crippen molar-refractivity contribution in [1.82, 2.24) is 25.0 Å². The van der Waals surface area contributed by atoms with E-state index < -0.39 is 11.7 Å². The van der Waals surface area contributed by atoms with Gasteiger partial charge in [-0.25, -0.2) is 0 Å². The van der Waals surface area contributed by atoms with Crippen molar-refractivity contribution in [2.24, 2.45) is 0 Å². The molecule has 5 rings (SSSR count). The fraction of sp³-hybridized carbons (Fsp3) is 0.130. The molecular weight excluding hydrogens is 483 g/mol. The van der Waals surface area contributed by atoms with Gasteiger partial charge in [0.25, 0.3) is 5.89 Å². The SMILES string of the molecule is COc1ccc(-c2nnc(SCc3nnc(-c4ccco4)o3)n2-c2cccc(C(F)(F)F)c2)cc1. The Morgan fingerprint density at radius 2 is 1.80 bits per heavy atom. The van der Waals surface area contributed by atoms with Crippen LogP contribution in [0.1, 0.15) is 11.5 Å². The number of benzene rings is 2. The minimum absolute atomic E-state index is 0.216. The molecule has 0 spiro atoms. The monoisotopic (exact) mass is 499 g/mol. The first-order valence-electron chi connectivity index (χ1n) is 10.2. The van der Waals surface area contributed by atoms with Crippen molar-refractivity contribution < 1.29 is 26.7 Å². The molecule has 0 aliphatic rings. The van der Waals surface area contributed by atoms with Crippen molar-refractivity contribution in [2.75, 3.05) is 7.11 Å². The molecular formula is C23H16F3N5O3S. The Kier molecular flexibility index (Phi) is 6.03. The van der Waals surface area contributed by atoms with Gasteiger partial charge >= 0.3 is 6.18 Å². The molecule has 8 nitrogen and oxygen atoms in total. The van der Waals surface area contributed by atoms with Crippen LogP contribution in [0.2, 0.25) is 0 Å². The quantitative estimate of drug-likeness (QED) is 0.256. The number of rotatable bonds is 7. The van der Waals surface area contributed by atoms with E-state index in [1.807, 2.05) is 0 Å². The smallest absolute Gasteiger partial charge is 0.416 e. The lowest BCUT2D eigenvalue weighted by atomic mass is 10.1. The standard InChI is InChI=1S/C23H16F3N5O3S/c1-32-17-9-7-14(8-10-17)20-28-30-22(31(20)16-5-2-4-15(12-16)23(24,25)26)35-13-19-27-29-21(34-19)18-6-3-11-33-18/h2-12H,13H2,1H3. The predicted octanol–water partition coefficient (Wildman–Crippen LogP) is 5.90. The maximum atomic E-state index is 13.4. The summed E-state index contributed by atoms with van der Waals surface area (Å²) in [5.41, 5.74) is 0.140. The second-order valence-corrected chi connectivity index (χ2v) is 8.13. The van der Waals surface area contributed by atoms with Gasteiger partial charge in [-0.3, -0.25) is 4.57 Å². The summed E-state index contributed by atoms with van der Waals surface area (Å²) in [6, 6.07) is 15.4. The van der Waals surface area contributed by atoms with Crippen molar-refractivity contribution in [3.63, 3.8) is 0 Å². The average molecular weight is 499 g/mol. The largest absolute Gasteiger partial charge is 0.497 e. The maximum absolute atomic E-state index is 13.4. The Hall–Kier alpha value is -4.06. The van der Waals surface area contributed by atoms with Crippen molar-refractivity contribution in [1.29, 1.82) is 0 Å². The molecule has 0 aliphatic carbocycles. The number of ether oxygens (including phenoxy) is 1. The Balaban J connectivity index is 1.50. The Labute approximate surface area is 200 Å². The number of alkyl halides is 3. The van der Waals surface area contributed by atoms with E-state index in [4.69, 9.17) is 13.6 Å². The van der Waals surface area contributed by atoms with Crippen LogP contribution < -0.4 is 4.74 Å². The third-order valence-electron chi connectivity index (χ3n) is 4.94. The highest BCUT2D eigenvalue weighted by molar-refractivity contribution is 7.98. The van der Waals surface area contributed by atoms with Gasteiger partial charge in [-0.15, -0.1) is 20.4 Å².